The smallest absolute Gasteiger partial charge is 0.255 e. The molecule has 3 aliphatic rings. The second-order valence-corrected chi connectivity index (χ2v) is 9.14. The molecule has 0 radical (unpaired) electrons. The van der Waals surface area contributed by atoms with Gasteiger partial charge in [0.2, 0.25) is 5.78 Å². The number of aldehydes is 1. The highest BCUT2D eigenvalue weighted by Gasteiger charge is 2.59. The number of carbonyl (C=O) groups is 4. The Morgan fingerprint density at radius 2 is 1.71 bits per heavy atom. The van der Waals surface area contributed by atoms with Gasteiger partial charge in [-0.15, -0.1) is 0 Å². The van der Waals surface area contributed by atoms with Gasteiger partial charge in [-0.1, -0.05) is 30.3 Å². The van der Waals surface area contributed by atoms with E-state index in [9.17, 15) is 39.6 Å². The molecule has 178 valence electrons. The SMILES string of the molecule is NC(=O)C1=C(O)C[C@@H]2C[C@@H]3Cc4c(-c5ccc(C=O)cc5)ccc(O)c4C(=O)C3=C(O)[C@]2(O)C1=O. The predicted octanol–water partition coefficient (Wildman–Crippen LogP) is 2.06. The van der Waals surface area contributed by atoms with Gasteiger partial charge in [0, 0.05) is 23.5 Å². The number of amides is 1. The number of aromatic hydroxyl groups is 1. The molecule has 0 unspecified atom stereocenters. The number of carbonyl (C=O) groups excluding carboxylic acids is 4. The van der Waals surface area contributed by atoms with E-state index >= 15 is 0 Å². The van der Waals surface area contributed by atoms with E-state index in [1.165, 1.54) is 6.07 Å². The lowest BCUT2D eigenvalue weighted by atomic mass is 9.60. The third-order valence-electron chi connectivity index (χ3n) is 7.30. The maximum atomic E-state index is 13.6. The molecule has 0 spiro atoms. The van der Waals surface area contributed by atoms with E-state index in [0.717, 1.165) is 0 Å². The summed E-state index contributed by atoms with van der Waals surface area (Å²) in [6.45, 7) is 0. The van der Waals surface area contributed by atoms with Crippen molar-refractivity contribution in [2.75, 3.05) is 0 Å². The molecule has 2 aromatic carbocycles. The average molecular weight is 475 g/mol. The van der Waals surface area contributed by atoms with Crippen molar-refractivity contribution >= 4 is 23.8 Å². The highest BCUT2D eigenvalue weighted by atomic mass is 16.3. The van der Waals surface area contributed by atoms with Crippen LogP contribution in [0.5, 0.6) is 5.75 Å². The standard InChI is InChI=1S/C26H21NO8/c27-25(34)21-18(30)9-14-7-13-8-16-15(12-3-1-11(10-28)2-4-12)5-6-17(29)20(16)22(31)19(13)23(32)26(14,35)24(21)33/h1-6,10,13-14,29-30,32,35H,7-9H2,(H2,27,34)/t13-,14+,26+/m1/s1. The number of Topliss-reactive ketones (excluding diaryl/α,β-unsaturated/α-hetero) is 2. The van der Waals surface area contributed by atoms with Crippen LogP contribution in [0.2, 0.25) is 0 Å². The van der Waals surface area contributed by atoms with Crippen molar-refractivity contribution in [1.82, 2.24) is 0 Å². The minimum Gasteiger partial charge on any atom is -0.511 e. The van der Waals surface area contributed by atoms with Crippen LogP contribution in [0.15, 0.2) is 59.1 Å². The maximum Gasteiger partial charge on any atom is 0.255 e. The van der Waals surface area contributed by atoms with Crippen molar-refractivity contribution in [3.05, 3.63) is 75.8 Å². The van der Waals surface area contributed by atoms with Crippen LogP contribution in [-0.2, 0) is 16.0 Å². The van der Waals surface area contributed by atoms with Gasteiger partial charge in [-0.2, -0.15) is 0 Å². The van der Waals surface area contributed by atoms with Crippen LogP contribution in [0, 0.1) is 11.8 Å². The summed E-state index contributed by atoms with van der Waals surface area (Å²) in [4.78, 5) is 49.3. The fourth-order valence-corrected chi connectivity index (χ4v) is 5.63. The fraction of sp³-hybridized carbons (Fsp3) is 0.231. The summed E-state index contributed by atoms with van der Waals surface area (Å²) in [7, 11) is 0. The summed E-state index contributed by atoms with van der Waals surface area (Å²) in [5.74, 6) is -6.63. The fourth-order valence-electron chi connectivity index (χ4n) is 5.63. The molecule has 0 aromatic heterocycles. The largest absolute Gasteiger partial charge is 0.511 e. The van der Waals surface area contributed by atoms with Crippen LogP contribution in [0.3, 0.4) is 0 Å². The van der Waals surface area contributed by atoms with E-state index in [-0.39, 0.29) is 36.1 Å². The summed E-state index contributed by atoms with van der Waals surface area (Å²) in [5.41, 5.74) is 3.91. The third-order valence-corrected chi connectivity index (χ3v) is 7.30. The van der Waals surface area contributed by atoms with Crippen LogP contribution < -0.4 is 5.73 Å². The number of phenols is 1. The van der Waals surface area contributed by atoms with E-state index < -0.39 is 52.0 Å². The number of phenolic OH excluding ortho intramolecular Hbond substituents is 1. The minimum atomic E-state index is -2.59. The summed E-state index contributed by atoms with van der Waals surface area (Å²) in [6.07, 6.45) is 0.687. The predicted molar refractivity (Wildman–Crippen MR) is 122 cm³/mol. The Labute approximate surface area is 198 Å². The van der Waals surface area contributed by atoms with Gasteiger partial charge < -0.3 is 26.2 Å². The molecule has 5 rings (SSSR count). The molecular formula is C26H21NO8. The highest BCUT2D eigenvalue weighted by molar-refractivity contribution is 6.24. The first-order valence-corrected chi connectivity index (χ1v) is 11.0. The average Bonchev–Trinajstić information content (AvgIpc) is 2.81. The van der Waals surface area contributed by atoms with Gasteiger partial charge in [-0.05, 0) is 41.5 Å². The molecule has 0 saturated heterocycles. The number of allylic oxidation sites excluding steroid dienone is 2. The van der Waals surface area contributed by atoms with E-state index in [2.05, 4.69) is 0 Å². The molecule has 9 heteroatoms. The van der Waals surface area contributed by atoms with Gasteiger partial charge in [0.1, 0.15) is 29.1 Å². The van der Waals surface area contributed by atoms with Gasteiger partial charge in [0.25, 0.3) is 5.91 Å². The Morgan fingerprint density at radius 1 is 1.03 bits per heavy atom. The Hall–Kier alpha value is -4.24. The third kappa shape index (κ3) is 3.05. The van der Waals surface area contributed by atoms with E-state index in [1.54, 1.807) is 30.3 Å². The lowest BCUT2D eigenvalue weighted by Crippen LogP contribution is -2.57. The molecule has 0 fully saturated rings. The van der Waals surface area contributed by atoms with Crippen LogP contribution in [0.4, 0.5) is 0 Å². The summed E-state index contributed by atoms with van der Waals surface area (Å²) in [5, 5.41) is 43.1. The van der Waals surface area contributed by atoms with Crippen LogP contribution in [0.25, 0.3) is 11.1 Å². The van der Waals surface area contributed by atoms with Gasteiger partial charge in [0.15, 0.2) is 11.4 Å². The van der Waals surface area contributed by atoms with Gasteiger partial charge in [-0.25, -0.2) is 0 Å². The summed E-state index contributed by atoms with van der Waals surface area (Å²) >= 11 is 0. The summed E-state index contributed by atoms with van der Waals surface area (Å²) in [6, 6.07) is 9.69. The zero-order valence-electron chi connectivity index (χ0n) is 18.3. The van der Waals surface area contributed by atoms with Crippen molar-refractivity contribution in [1.29, 1.82) is 0 Å². The molecule has 3 atom stereocenters. The first-order valence-electron chi connectivity index (χ1n) is 11.0. The molecule has 3 aliphatic carbocycles. The molecule has 0 saturated carbocycles. The molecule has 35 heavy (non-hydrogen) atoms. The Morgan fingerprint density at radius 3 is 2.34 bits per heavy atom. The number of fused-ring (bicyclic) bond motifs is 3. The van der Waals surface area contributed by atoms with Crippen molar-refractivity contribution in [3.63, 3.8) is 0 Å². The van der Waals surface area contributed by atoms with Gasteiger partial charge in [-0.3, -0.25) is 19.2 Å². The molecule has 0 heterocycles. The van der Waals surface area contributed by atoms with Crippen molar-refractivity contribution in [2.24, 2.45) is 17.6 Å². The maximum absolute atomic E-state index is 13.6. The zero-order valence-corrected chi connectivity index (χ0v) is 18.3. The second-order valence-electron chi connectivity index (χ2n) is 9.14. The van der Waals surface area contributed by atoms with E-state index in [1.807, 2.05) is 0 Å². The number of hydrogen-bond acceptors (Lipinski definition) is 8. The first kappa shape index (κ1) is 22.5. The first-order chi connectivity index (χ1) is 16.6. The molecule has 9 nitrogen and oxygen atoms in total. The Bertz CT molecular complexity index is 1400. The number of benzene rings is 2. The Balaban J connectivity index is 1.67. The quantitative estimate of drug-likeness (QED) is 0.331. The number of primary amides is 1. The van der Waals surface area contributed by atoms with Crippen LogP contribution in [-0.4, -0.2) is 49.8 Å². The topological polar surface area (TPSA) is 175 Å². The second kappa shape index (κ2) is 7.64. The minimum absolute atomic E-state index is 0.0569. The van der Waals surface area contributed by atoms with Crippen molar-refractivity contribution < 1.29 is 39.6 Å². The highest BCUT2D eigenvalue weighted by Crippen LogP contribution is 2.52. The van der Waals surface area contributed by atoms with Crippen LogP contribution in [0.1, 0.15) is 39.1 Å². The van der Waals surface area contributed by atoms with Crippen molar-refractivity contribution in [3.8, 4) is 16.9 Å². The Kier molecular flexibility index (Phi) is 4.92. The molecule has 0 bridgehead atoms. The van der Waals surface area contributed by atoms with E-state index in [4.69, 9.17) is 5.73 Å². The molecule has 1 amide bonds. The molecule has 0 aliphatic heterocycles. The molecule has 2 aromatic rings. The monoisotopic (exact) mass is 475 g/mol. The number of nitrogens with two attached hydrogens (primary N) is 1. The van der Waals surface area contributed by atoms with Gasteiger partial charge >= 0.3 is 0 Å². The number of aliphatic hydroxyl groups excluding tert-OH is 2. The lowest BCUT2D eigenvalue weighted by molar-refractivity contribution is -0.144. The van der Waals surface area contributed by atoms with Gasteiger partial charge in [0.05, 0.1) is 5.56 Å². The lowest BCUT2D eigenvalue weighted by Gasteiger charge is -2.45. The van der Waals surface area contributed by atoms with Crippen LogP contribution >= 0.6 is 0 Å². The normalized spacial score (nSPS) is 25.6. The number of rotatable bonds is 3. The van der Waals surface area contributed by atoms with E-state index in [0.29, 0.717) is 28.5 Å². The summed E-state index contributed by atoms with van der Waals surface area (Å²) < 4.78 is 0. The zero-order chi connectivity index (χ0) is 25.2. The number of hydrogen-bond donors (Lipinski definition) is 5. The molecule has 6 N–H and O–H groups in total. The number of aliphatic hydroxyl groups is 3. The molecular weight excluding hydrogens is 454 g/mol. The van der Waals surface area contributed by atoms with Crippen molar-refractivity contribution in [2.45, 2.75) is 24.9 Å². The number of ketones is 2.